The molecule has 0 aliphatic heterocycles. The highest BCUT2D eigenvalue weighted by molar-refractivity contribution is 4.60. The highest BCUT2D eigenvalue weighted by atomic mass is 16.2. The molecular weight excluding hydrogens is 462 g/mol. The van der Waals surface area contributed by atoms with E-state index in [-0.39, 0.29) is 0 Å². The van der Waals surface area contributed by atoms with Crippen LogP contribution < -0.4 is 0 Å². The van der Waals surface area contributed by atoms with E-state index in [1.807, 2.05) is 0 Å². The number of aliphatic hydroxyl groups excluding tert-OH is 1. The van der Waals surface area contributed by atoms with Gasteiger partial charge in [-0.1, -0.05) is 182 Å². The first kappa shape index (κ1) is 40.1. The van der Waals surface area contributed by atoms with Gasteiger partial charge in [0.1, 0.15) is 0 Å². The highest BCUT2D eigenvalue weighted by Crippen LogP contribution is 2.12. The second-order valence-electron chi connectivity index (χ2n) is 12.1. The maximum Gasteiger partial charge on any atom is 0.0431 e. The van der Waals surface area contributed by atoms with Crippen LogP contribution in [0.15, 0.2) is 0 Å². The van der Waals surface area contributed by atoms with Crippen LogP contribution in [0.4, 0.5) is 0 Å². The number of nitrogens with zero attached hydrogens (tertiary/aromatic N) is 1. The molecule has 0 rings (SSSR count). The van der Waals surface area contributed by atoms with Crippen LogP contribution in [-0.2, 0) is 0 Å². The SMILES string of the molecule is CCCCCCCCCCCCO.CCCCCCCCN(CCCCCCCC)CCCCCCCC. The molecule has 2 nitrogen and oxygen atoms in total. The van der Waals surface area contributed by atoms with Gasteiger partial charge < -0.3 is 10.0 Å². The quantitative estimate of drug-likeness (QED) is 0.0885. The Morgan fingerprint density at radius 2 is 0.500 bits per heavy atom. The van der Waals surface area contributed by atoms with Crippen molar-refractivity contribution in [3.63, 3.8) is 0 Å². The second-order valence-corrected chi connectivity index (χ2v) is 12.1. The molecule has 0 aromatic rings. The molecule has 0 fully saturated rings. The third-order valence-electron chi connectivity index (χ3n) is 8.00. The monoisotopic (exact) mass is 540 g/mol. The van der Waals surface area contributed by atoms with Crippen molar-refractivity contribution in [1.82, 2.24) is 4.90 Å². The van der Waals surface area contributed by atoms with E-state index in [9.17, 15) is 0 Å². The number of unbranched alkanes of at least 4 members (excludes halogenated alkanes) is 24. The summed E-state index contributed by atoms with van der Waals surface area (Å²) >= 11 is 0. The van der Waals surface area contributed by atoms with Gasteiger partial charge in [0.2, 0.25) is 0 Å². The highest BCUT2D eigenvalue weighted by Gasteiger charge is 2.05. The van der Waals surface area contributed by atoms with Crippen molar-refractivity contribution < 1.29 is 5.11 Å². The standard InChI is InChI=1S/C24H51N.C12H26O/c1-4-7-10-13-16-19-22-25(23-20-17-14-11-8-5-2)24-21-18-15-12-9-6-3;1-2-3-4-5-6-7-8-9-10-11-12-13/h4-24H2,1-3H3;13H,2-12H2,1H3. The van der Waals surface area contributed by atoms with E-state index in [0.29, 0.717) is 6.61 Å². The largest absolute Gasteiger partial charge is 0.396 e. The zero-order valence-electron chi connectivity index (χ0n) is 27.5. The van der Waals surface area contributed by atoms with Crippen molar-refractivity contribution in [3.05, 3.63) is 0 Å². The van der Waals surface area contributed by atoms with Gasteiger partial charge in [-0.3, -0.25) is 0 Å². The number of hydrogen-bond donors (Lipinski definition) is 1. The molecular formula is C36H77NO. The van der Waals surface area contributed by atoms with Crippen LogP contribution in [0.5, 0.6) is 0 Å². The van der Waals surface area contributed by atoms with Crippen molar-refractivity contribution in [1.29, 1.82) is 0 Å². The summed E-state index contributed by atoms with van der Waals surface area (Å²) < 4.78 is 0. The molecule has 0 saturated carbocycles. The van der Waals surface area contributed by atoms with E-state index in [4.69, 9.17) is 5.11 Å². The predicted octanol–water partition coefficient (Wildman–Crippen LogP) is 12.3. The number of hydrogen-bond acceptors (Lipinski definition) is 2. The first-order valence-electron chi connectivity index (χ1n) is 18.1. The Morgan fingerprint density at radius 3 is 0.737 bits per heavy atom. The fourth-order valence-corrected chi connectivity index (χ4v) is 5.28. The van der Waals surface area contributed by atoms with Gasteiger partial charge in [0.25, 0.3) is 0 Å². The van der Waals surface area contributed by atoms with Crippen molar-refractivity contribution in [2.24, 2.45) is 0 Å². The molecule has 0 bridgehead atoms. The van der Waals surface area contributed by atoms with Crippen LogP contribution in [0, 0.1) is 0 Å². The molecule has 0 aliphatic carbocycles. The average molecular weight is 540 g/mol. The lowest BCUT2D eigenvalue weighted by Gasteiger charge is -2.22. The molecule has 0 aliphatic rings. The smallest absolute Gasteiger partial charge is 0.0431 e. The molecule has 0 amide bonds. The van der Waals surface area contributed by atoms with E-state index in [1.54, 1.807) is 0 Å². The number of rotatable bonds is 31. The van der Waals surface area contributed by atoms with Gasteiger partial charge in [0.05, 0.1) is 0 Å². The third kappa shape index (κ3) is 38.1. The van der Waals surface area contributed by atoms with Crippen molar-refractivity contribution in [2.45, 2.75) is 207 Å². The minimum absolute atomic E-state index is 0.372. The van der Waals surface area contributed by atoms with Gasteiger partial charge in [-0.05, 0) is 45.3 Å². The Morgan fingerprint density at radius 1 is 0.289 bits per heavy atom. The Kier molecular flexibility index (Phi) is 41.2. The Bertz CT molecular complexity index is 324. The number of aliphatic hydroxyl groups is 1. The zero-order chi connectivity index (χ0) is 28.2. The molecule has 38 heavy (non-hydrogen) atoms. The minimum Gasteiger partial charge on any atom is -0.396 e. The summed E-state index contributed by atoms with van der Waals surface area (Å²) in [7, 11) is 0. The molecule has 232 valence electrons. The van der Waals surface area contributed by atoms with E-state index in [2.05, 4.69) is 32.6 Å². The normalized spacial score (nSPS) is 11.2. The lowest BCUT2D eigenvalue weighted by molar-refractivity contribution is 0.254. The Hall–Kier alpha value is -0.0800. The maximum atomic E-state index is 8.57. The summed E-state index contributed by atoms with van der Waals surface area (Å²) in [6, 6.07) is 0. The molecule has 1 N–H and O–H groups in total. The first-order chi connectivity index (χ1) is 18.8. The molecule has 0 heterocycles. The maximum absolute atomic E-state index is 8.57. The third-order valence-corrected chi connectivity index (χ3v) is 8.00. The van der Waals surface area contributed by atoms with Crippen molar-refractivity contribution >= 4 is 0 Å². The van der Waals surface area contributed by atoms with E-state index < -0.39 is 0 Å². The van der Waals surface area contributed by atoms with Gasteiger partial charge in [0.15, 0.2) is 0 Å². The Labute approximate surface area is 243 Å². The van der Waals surface area contributed by atoms with Crippen molar-refractivity contribution in [2.75, 3.05) is 26.2 Å². The predicted molar refractivity (Wildman–Crippen MR) is 175 cm³/mol. The molecule has 0 atom stereocenters. The van der Waals surface area contributed by atoms with Crippen LogP contribution in [-0.4, -0.2) is 36.2 Å². The fourth-order valence-electron chi connectivity index (χ4n) is 5.28. The van der Waals surface area contributed by atoms with Gasteiger partial charge in [-0.25, -0.2) is 0 Å². The average Bonchev–Trinajstić information content (AvgIpc) is 2.93. The van der Waals surface area contributed by atoms with Crippen LogP contribution >= 0.6 is 0 Å². The minimum atomic E-state index is 0.372. The summed E-state index contributed by atoms with van der Waals surface area (Å²) in [6.45, 7) is 13.6. The van der Waals surface area contributed by atoms with E-state index >= 15 is 0 Å². The summed E-state index contributed by atoms with van der Waals surface area (Å²) in [5.41, 5.74) is 0. The first-order valence-corrected chi connectivity index (χ1v) is 18.1. The lowest BCUT2D eigenvalue weighted by Crippen LogP contribution is -2.27. The topological polar surface area (TPSA) is 23.5 Å². The summed E-state index contributed by atoms with van der Waals surface area (Å²) in [5.74, 6) is 0. The van der Waals surface area contributed by atoms with Crippen molar-refractivity contribution in [3.8, 4) is 0 Å². The van der Waals surface area contributed by atoms with Crippen LogP contribution in [0.1, 0.15) is 207 Å². The zero-order valence-corrected chi connectivity index (χ0v) is 27.5. The van der Waals surface area contributed by atoms with Crippen LogP contribution in [0.25, 0.3) is 0 Å². The van der Waals surface area contributed by atoms with E-state index in [0.717, 1.165) is 6.42 Å². The molecule has 2 heteroatoms. The lowest BCUT2D eigenvalue weighted by atomic mass is 10.1. The molecule has 0 unspecified atom stereocenters. The molecule has 0 saturated heterocycles. The summed E-state index contributed by atoms with van der Waals surface area (Å²) in [5, 5.41) is 8.57. The van der Waals surface area contributed by atoms with Crippen LogP contribution in [0.2, 0.25) is 0 Å². The van der Waals surface area contributed by atoms with E-state index in [1.165, 1.54) is 193 Å². The summed E-state index contributed by atoms with van der Waals surface area (Å²) in [6.07, 6.45) is 39.0. The van der Waals surface area contributed by atoms with Gasteiger partial charge in [-0.2, -0.15) is 0 Å². The summed E-state index contributed by atoms with van der Waals surface area (Å²) in [4.78, 5) is 2.79. The molecule has 0 radical (unpaired) electrons. The second kappa shape index (κ2) is 39.1. The van der Waals surface area contributed by atoms with Gasteiger partial charge in [-0.15, -0.1) is 0 Å². The van der Waals surface area contributed by atoms with Gasteiger partial charge >= 0.3 is 0 Å². The molecule has 0 spiro atoms. The Balaban J connectivity index is 0. The van der Waals surface area contributed by atoms with Crippen LogP contribution in [0.3, 0.4) is 0 Å². The fraction of sp³-hybridized carbons (Fsp3) is 1.00. The molecule has 0 aromatic carbocycles. The van der Waals surface area contributed by atoms with Gasteiger partial charge in [0, 0.05) is 6.61 Å². The molecule has 0 aromatic heterocycles.